The van der Waals surface area contributed by atoms with Gasteiger partial charge < -0.3 is 10.1 Å². The molecule has 0 bridgehead atoms. The normalized spacial score (nSPS) is 13.5. The van der Waals surface area contributed by atoms with Crippen LogP contribution >= 0.6 is 0 Å². The Hall–Kier alpha value is -2.38. The van der Waals surface area contributed by atoms with Crippen LogP contribution in [0.25, 0.3) is 0 Å². The standard InChI is InChI=1S/C20H24N2O4S/c1-22(2)27(24,25)17-9-10-19(26-3)18(13-17)21-20(23)12-14-7-8-15-5-4-6-16(15)11-14/h7-11,13H,4-6,12H2,1-3H3,(H,21,23). The van der Waals surface area contributed by atoms with Crippen LogP contribution in [0.5, 0.6) is 5.75 Å². The Labute approximate surface area is 160 Å². The van der Waals surface area contributed by atoms with E-state index in [-0.39, 0.29) is 17.2 Å². The molecule has 2 aromatic rings. The Morgan fingerprint density at radius 2 is 1.85 bits per heavy atom. The molecule has 0 fully saturated rings. The predicted molar refractivity (Wildman–Crippen MR) is 105 cm³/mol. The number of methoxy groups -OCH3 is 1. The van der Waals surface area contributed by atoms with Crippen molar-refractivity contribution in [3.05, 3.63) is 53.1 Å². The average Bonchev–Trinajstić information content (AvgIpc) is 3.09. The van der Waals surface area contributed by atoms with Gasteiger partial charge in [0.05, 0.1) is 24.1 Å². The minimum Gasteiger partial charge on any atom is -0.495 e. The SMILES string of the molecule is COc1ccc(S(=O)(=O)N(C)C)cc1NC(=O)Cc1ccc2c(c1)CCC2. The van der Waals surface area contributed by atoms with E-state index < -0.39 is 10.0 Å². The third-order valence-corrected chi connectivity index (χ3v) is 6.56. The zero-order chi connectivity index (χ0) is 19.6. The zero-order valence-corrected chi connectivity index (χ0v) is 16.6. The van der Waals surface area contributed by atoms with Gasteiger partial charge in [-0.3, -0.25) is 4.79 Å². The molecule has 0 saturated heterocycles. The number of ether oxygens (including phenoxy) is 1. The van der Waals surface area contributed by atoms with Gasteiger partial charge in [-0.2, -0.15) is 0 Å². The number of aryl methyl sites for hydroxylation is 2. The lowest BCUT2D eigenvalue weighted by Gasteiger charge is -2.15. The van der Waals surface area contributed by atoms with Crippen molar-refractivity contribution in [2.24, 2.45) is 0 Å². The monoisotopic (exact) mass is 388 g/mol. The first-order valence-corrected chi connectivity index (χ1v) is 10.3. The zero-order valence-electron chi connectivity index (χ0n) is 15.8. The van der Waals surface area contributed by atoms with Crippen LogP contribution < -0.4 is 10.1 Å². The summed E-state index contributed by atoms with van der Waals surface area (Å²) >= 11 is 0. The number of carbonyl (C=O) groups excluding carboxylic acids is 1. The van der Waals surface area contributed by atoms with Crippen LogP contribution in [0.4, 0.5) is 5.69 Å². The third kappa shape index (κ3) is 4.14. The van der Waals surface area contributed by atoms with Crippen molar-refractivity contribution in [1.82, 2.24) is 4.31 Å². The minimum atomic E-state index is -3.60. The van der Waals surface area contributed by atoms with Crippen LogP contribution in [-0.2, 0) is 34.1 Å². The Kier molecular flexibility index (Phi) is 5.53. The summed E-state index contributed by atoms with van der Waals surface area (Å²) < 4.78 is 31.1. The topological polar surface area (TPSA) is 75.7 Å². The van der Waals surface area contributed by atoms with Gasteiger partial charge in [0.1, 0.15) is 5.75 Å². The fourth-order valence-electron chi connectivity index (χ4n) is 3.27. The molecule has 7 heteroatoms. The second kappa shape index (κ2) is 7.70. The van der Waals surface area contributed by atoms with Crippen LogP contribution in [0, 0.1) is 0 Å². The van der Waals surface area contributed by atoms with E-state index in [2.05, 4.69) is 17.4 Å². The first-order valence-electron chi connectivity index (χ1n) is 8.82. The number of sulfonamides is 1. The van der Waals surface area contributed by atoms with Gasteiger partial charge in [0.15, 0.2) is 0 Å². The van der Waals surface area contributed by atoms with E-state index in [0.29, 0.717) is 11.4 Å². The molecular formula is C20H24N2O4S. The Balaban J connectivity index is 1.80. The Bertz CT molecular complexity index is 968. The van der Waals surface area contributed by atoms with Gasteiger partial charge >= 0.3 is 0 Å². The molecule has 1 aliphatic rings. The molecule has 1 aliphatic carbocycles. The van der Waals surface area contributed by atoms with E-state index in [1.165, 1.54) is 44.5 Å². The van der Waals surface area contributed by atoms with Crippen LogP contribution in [0.3, 0.4) is 0 Å². The number of fused-ring (bicyclic) bond motifs is 1. The van der Waals surface area contributed by atoms with Gasteiger partial charge in [-0.25, -0.2) is 12.7 Å². The number of amides is 1. The van der Waals surface area contributed by atoms with Gasteiger partial charge in [-0.1, -0.05) is 18.2 Å². The highest BCUT2D eigenvalue weighted by atomic mass is 32.2. The minimum absolute atomic E-state index is 0.0983. The summed E-state index contributed by atoms with van der Waals surface area (Å²) in [5.74, 6) is 0.195. The van der Waals surface area contributed by atoms with Crippen LogP contribution in [0.1, 0.15) is 23.1 Å². The van der Waals surface area contributed by atoms with Crippen molar-refractivity contribution in [1.29, 1.82) is 0 Å². The molecule has 27 heavy (non-hydrogen) atoms. The van der Waals surface area contributed by atoms with Crippen molar-refractivity contribution < 1.29 is 17.9 Å². The molecule has 0 aliphatic heterocycles. The van der Waals surface area contributed by atoms with E-state index >= 15 is 0 Å². The number of hydrogen-bond acceptors (Lipinski definition) is 4. The molecule has 0 unspecified atom stereocenters. The molecule has 0 saturated carbocycles. The summed E-state index contributed by atoms with van der Waals surface area (Å²) in [5, 5.41) is 2.78. The van der Waals surface area contributed by atoms with E-state index in [1.54, 1.807) is 6.07 Å². The quantitative estimate of drug-likeness (QED) is 0.825. The second-order valence-electron chi connectivity index (χ2n) is 6.83. The van der Waals surface area contributed by atoms with Crippen LogP contribution in [-0.4, -0.2) is 39.8 Å². The first-order chi connectivity index (χ1) is 12.8. The fourth-order valence-corrected chi connectivity index (χ4v) is 4.20. The maximum absolute atomic E-state index is 12.5. The molecule has 0 spiro atoms. The highest BCUT2D eigenvalue weighted by molar-refractivity contribution is 7.89. The van der Waals surface area contributed by atoms with Crippen LogP contribution in [0.2, 0.25) is 0 Å². The van der Waals surface area contributed by atoms with Gasteiger partial charge in [-0.05, 0) is 54.2 Å². The number of benzene rings is 2. The van der Waals surface area contributed by atoms with E-state index in [1.807, 2.05) is 6.07 Å². The number of anilines is 1. The summed E-state index contributed by atoms with van der Waals surface area (Å²) in [6.07, 6.45) is 3.55. The van der Waals surface area contributed by atoms with Gasteiger partial charge in [0, 0.05) is 14.1 Å². The summed E-state index contributed by atoms with van der Waals surface area (Å²) in [6.45, 7) is 0. The largest absolute Gasteiger partial charge is 0.495 e. The Morgan fingerprint density at radius 3 is 2.56 bits per heavy atom. The van der Waals surface area contributed by atoms with Crippen LogP contribution in [0.15, 0.2) is 41.3 Å². The van der Waals surface area contributed by atoms with Crippen molar-refractivity contribution in [2.45, 2.75) is 30.6 Å². The number of nitrogens with zero attached hydrogens (tertiary/aromatic N) is 1. The molecule has 144 valence electrons. The molecule has 3 rings (SSSR count). The summed E-state index contributed by atoms with van der Waals surface area (Å²) in [7, 11) is 0.806. The summed E-state index contributed by atoms with van der Waals surface area (Å²) in [5.41, 5.74) is 3.97. The highest BCUT2D eigenvalue weighted by Gasteiger charge is 2.20. The van der Waals surface area contributed by atoms with Crippen molar-refractivity contribution in [3.63, 3.8) is 0 Å². The number of rotatable bonds is 6. The fraction of sp³-hybridized carbons (Fsp3) is 0.350. The molecular weight excluding hydrogens is 364 g/mol. The molecule has 0 heterocycles. The smallest absolute Gasteiger partial charge is 0.242 e. The predicted octanol–water partition coefficient (Wildman–Crippen LogP) is 2.62. The maximum atomic E-state index is 12.5. The molecule has 0 radical (unpaired) electrons. The van der Waals surface area contributed by atoms with Crippen molar-refractivity contribution in [3.8, 4) is 5.75 Å². The third-order valence-electron chi connectivity index (χ3n) is 4.75. The van der Waals surface area contributed by atoms with Crippen molar-refractivity contribution >= 4 is 21.6 Å². The van der Waals surface area contributed by atoms with E-state index in [9.17, 15) is 13.2 Å². The lowest BCUT2D eigenvalue weighted by Crippen LogP contribution is -2.22. The lowest BCUT2D eigenvalue weighted by atomic mass is 10.0. The van der Waals surface area contributed by atoms with Gasteiger partial charge in [-0.15, -0.1) is 0 Å². The molecule has 0 atom stereocenters. The molecule has 1 amide bonds. The highest BCUT2D eigenvalue weighted by Crippen LogP contribution is 2.29. The van der Waals surface area contributed by atoms with Crippen molar-refractivity contribution in [2.75, 3.05) is 26.5 Å². The summed E-state index contributed by atoms with van der Waals surface area (Å²) in [4.78, 5) is 12.6. The number of carbonyl (C=O) groups is 1. The number of nitrogens with one attached hydrogen (secondary N) is 1. The average molecular weight is 388 g/mol. The molecule has 1 N–H and O–H groups in total. The second-order valence-corrected chi connectivity index (χ2v) is 8.98. The first kappa shape index (κ1) is 19.4. The van der Waals surface area contributed by atoms with E-state index in [0.717, 1.165) is 29.1 Å². The number of hydrogen-bond donors (Lipinski definition) is 1. The lowest BCUT2D eigenvalue weighted by molar-refractivity contribution is -0.115. The maximum Gasteiger partial charge on any atom is 0.242 e. The Morgan fingerprint density at radius 1 is 1.11 bits per heavy atom. The molecule has 6 nitrogen and oxygen atoms in total. The van der Waals surface area contributed by atoms with Gasteiger partial charge in [0.25, 0.3) is 0 Å². The molecule has 0 aromatic heterocycles. The molecule has 2 aromatic carbocycles. The van der Waals surface area contributed by atoms with E-state index in [4.69, 9.17) is 4.74 Å². The van der Waals surface area contributed by atoms with Gasteiger partial charge in [0.2, 0.25) is 15.9 Å². The summed E-state index contributed by atoms with van der Waals surface area (Å²) in [6, 6.07) is 10.6.